The van der Waals surface area contributed by atoms with E-state index in [-0.39, 0.29) is 18.1 Å². The number of anilines is 1. The van der Waals surface area contributed by atoms with Crippen LogP contribution < -0.4 is 15.4 Å². The summed E-state index contributed by atoms with van der Waals surface area (Å²) in [4.78, 5) is 22.1. The van der Waals surface area contributed by atoms with Crippen LogP contribution in [-0.4, -0.2) is 40.2 Å². The molecular weight excluding hydrogens is 384 g/mol. The van der Waals surface area contributed by atoms with Crippen LogP contribution in [0.4, 0.5) is 5.82 Å². The minimum Gasteiger partial charge on any atom is -0.496 e. The lowest BCUT2D eigenvalue weighted by Gasteiger charge is -2.14. The zero-order chi connectivity index (χ0) is 21.3. The van der Waals surface area contributed by atoms with Crippen LogP contribution in [0.3, 0.4) is 0 Å². The summed E-state index contributed by atoms with van der Waals surface area (Å²) in [7, 11) is 1.60. The molecule has 1 aromatic carbocycles. The van der Waals surface area contributed by atoms with E-state index in [1.165, 1.54) is 0 Å². The fourth-order valence-corrected chi connectivity index (χ4v) is 3.44. The Morgan fingerprint density at radius 1 is 1.30 bits per heavy atom. The first-order valence-electron chi connectivity index (χ1n) is 10.0. The van der Waals surface area contributed by atoms with Gasteiger partial charge in [-0.2, -0.15) is 4.98 Å². The summed E-state index contributed by atoms with van der Waals surface area (Å²) >= 11 is 0. The van der Waals surface area contributed by atoms with Crippen LogP contribution >= 0.6 is 0 Å². The third kappa shape index (κ3) is 3.95. The van der Waals surface area contributed by atoms with Gasteiger partial charge in [0.25, 0.3) is 5.91 Å². The molecule has 2 heterocycles. The van der Waals surface area contributed by atoms with Crippen molar-refractivity contribution in [3.8, 4) is 5.75 Å². The van der Waals surface area contributed by atoms with E-state index >= 15 is 0 Å². The number of nitrogens with zero attached hydrogens (tertiary/aromatic N) is 2. The number of aryl methyl sites for hydroxylation is 1. The van der Waals surface area contributed by atoms with Crippen LogP contribution in [0, 0.1) is 6.92 Å². The number of furan rings is 1. The molecule has 1 fully saturated rings. The Bertz CT molecular complexity index is 1090. The number of methoxy groups -OCH3 is 1. The molecule has 1 aliphatic rings. The van der Waals surface area contributed by atoms with Gasteiger partial charge in [-0.1, -0.05) is 18.2 Å². The second kappa shape index (κ2) is 7.95. The normalized spacial score (nSPS) is 14.5. The van der Waals surface area contributed by atoms with Gasteiger partial charge < -0.3 is 24.9 Å². The molecule has 158 valence electrons. The summed E-state index contributed by atoms with van der Waals surface area (Å²) in [5, 5.41) is 16.3. The Morgan fingerprint density at radius 2 is 2.07 bits per heavy atom. The largest absolute Gasteiger partial charge is 0.496 e. The van der Waals surface area contributed by atoms with Crippen molar-refractivity contribution in [1.29, 1.82) is 0 Å². The number of aliphatic hydroxyl groups is 1. The Hall–Kier alpha value is -3.13. The smallest absolute Gasteiger partial charge is 0.255 e. The SMILES string of the molecule is COc1ccccc1CNC(=O)c1c(C)oc2nc(CCO)nc(NC3(C)CC3)c12. The highest BCUT2D eigenvalue weighted by molar-refractivity contribution is 6.10. The predicted molar refractivity (Wildman–Crippen MR) is 113 cm³/mol. The van der Waals surface area contributed by atoms with Crippen molar-refractivity contribution in [1.82, 2.24) is 15.3 Å². The summed E-state index contributed by atoms with van der Waals surface area (Å²) in [6, 6.07) is 7.55. The molecule has 3 aromatic rings. The zero-order valence-corrected chi connectivity index (χ0v) is 17.4. The number of amides is 1. The van der Waals surface area contributed by atoms with E-state index in [1.807, 2.05) is 24.3 Å². The number of para-hydroxylation sites is 1. The molecule has 0 spiro atoms. The van der Waals surface area contributed by atoms with Gasteiger partial charge in [-0.05, 0) is 32.8 Å². The number of aliphatic hydroxyl groups excluding tert-OH is 1. The molecule has 0 bridgehead atoms. The molecule has 0 unspecified atom stereocenters. The molecular formula is C22H26N4O4. The first kappa shape index (κ1) is 20.2. The first-order chi connectivity index (χ1) is 14.4. The number of carbonyl (C=O) groups excluding carboxylic acids is 1. The number of rotatable bonds is 8. The van der Waals surface area contributed by atoms with E-state index in [0.29, 0.717) is 52.8 Å². The lowest BCUT2D eigenvalue weighted by Crippen LogP contribution is -2.24. The summed E-state index contributed by atoms with van der Waals surface area (Å²) in [6.07, 6.45) is 2.37. The van der Waals surface area contributed by atoms with Gasteiger partial charge in [0.2, 0.25) is 5.71 Å². The predicted octanol–water partition coefficient (Wildman–Crippen LogP) is 2.97. The van der Waals surface area contributed by atoms with E-state index in [2.05, 4.69) is 27.5 Å². The summed E-state index contributed by atoms with van der Waals surface area (Å²) in [6.45, 7) is 4.11. The maximum Gasteiger partial charge on any atom is 0.255 e. The number of hydrogen-bond donors (Lipinski definition) is 3. The maximum absolute atomic E-state index is 13.1. The topological polar surface area (TPSA) is 110 Å². The lowest BCUT2D eigenvalue weighted by molar-refractivity contribution is 0.0950. The van der Waals surface area contributed by atoms with Crippen LogP contribution in [0.15, 0.2) is 28.7 Å². The molecule has 0 aliphatic heterocycles. The highest BCUT2D eigenvalue weighted by Gasteiger charge is 2.39. The standard InChI is InChI=1S/C22H26N4O4/c1-13-17(20(28)23-12-14-6-4-5-7-15(14)29-3)18-19(26-22(2)9-10-22)24-16(8-11-27)25-21(18)30-13/h4-7,27H,8-12H2,1-3H3,(H,23,28)(H,24,25,26). The van der Waals surface area contributed by atoms with Crippen LogP contribution in [0.5, 0.6) is 5.75 Å². The number of nitrogens with one attached hydrogen (secondary N) is 2. The Kier molecular flexibility index (Phi) is 5.34. The van der Waals surface area contributed by atoms with E-state index in [1.54, 1.807) is 14.0 Å². The van der Waals surface area contributed by atoms with Crippen molar-refractivity contribution in [2.24, 2.45) is 0 Å². The van der Waals surface area contributed by atoms with Crippen molar-refractivity contribution >= 4 is 22.8 Å². The van der Waals surface area contributed by atoms with Crippen molar-refractivity contribution in [3.63, 3.8) is 0 Å². The molecule has 0 atom stereocenters. The number of fused-ring (bicyclic) bond motifs is 1. The van der Waals surface area contributed by atoms with Crippen LogP contribution in [0.25, 0.3) is 11.1 Å². The molecule has 3 N–H and O–H groups in total. The molecule has 2 aromatic heterocycles. The number of benzene rings is 1. The highest BCUT2D eigenvalue weighted by atomic mass is 16.5. The average Bonchev–Trinajstić information content (AvgIpc) is 3.35. The van der Waals surface area contributed by atoms with Crippen molar-refractivity contribution < 1.29 is 19.1 Å². The lowest BCUT2D eigenvalue weighted by atomic mass is 10.1. The fourth-order valence-electron chi connectivity index (χ4n) is 3.44. The minimum absolute atomic E-state index is 0.0475. The van der Waals surface area contributed by atoms with E-state index < -0.39 is 0 Å². The molecule has 0 radical (unpaired) electrons. The molecule has 4 rings (SSSR count). The molecule has 8 nitrogen and oxygen atoms in total. The molecule has 30 heavy (non-hydrogen) atoms. The van der Waals surface area contributed by atoms with Gasteiger partial charge in [-0.25, -0.2) is 4.98 Å². The Labute approximate surface area is 174 Å². The van der Waals surface area contributed by atoms with E-state index in [0.717, 1.165) is 18.4 Å². The number of ether oxygens (including phenoxy) is 1. The van der Waals surface area contributed by atoms with Crippen molar-refractivity contribution in [3.05, 3.63) is 47.0 Å². The average molecular weight is 410 g/mol. The number of carbonyl (C=O) groups is 1. The fraction of sp³-hybridized carbons (Fsp3) is 0.409. The van der Waals surface area contributed by atoms with Gasteiger partial charge in [-0.3, -0.25) is 4.79 Å². The van der Waals surface area contributed by atoms with Gasteiger partial charge >= 0.3 is 0 Å². The minimum atomic E-state index is -0.264. The molecule has 8 heteroatoms. The van der Waals surface area contributed by atoms with Gasteiger partial charge in [-0.15, -0.1) is 0 Å². The first-order valence-corrected chi connectivity index (χ1v) is 10.0. The van der Waals surface area contributed by atoms with Gasteiger partial charge in [0.1, 0.15) is 23.2 Å². The second-order valence-corrected chi connectivity index (χ2v) is 7.86. The van der Waals surface area contributed by atoms with Crippen LogP contribution in [0.1, 0.15) is 47.3 Å². The number of aromatic nitrogens is 2. The van der Waals surface area contributed by atoms with Crippen molar-refractivity contribution in [2.75, 3.05) is 19.0 Å². The van der Waals surface area contributed by atoms with E-state index in [4.69, 9.17) is 9.15 Å². The Balaban J connectivity index is 1.69. The second-order valence-electron chi connectivity index (χ2n) is 7.86. The summed E-state index contributed by atoms with van der Waals surface area (Å²) < 4.78 is 11.2. The summed E-state index contributed by atoms with van der Waals surface area (Å²) in [5.74, 6) is 1.98. The van der Waals surface area contributed by atoms with Crippen molar-refractivity contribution in [2.45, 2.75) is 45.2 Å². The zero-order valence-electron chi connectivity index (χ0n) is 17.4. The summed E-state index contributed by atoms with van der Waals surface area (Å²) in [5.41, 5.74) is 1.60. The van der Waals surface area contributed by atoms with E-state index in [9.17, 15) is 9.90 Å². The van der Waals surface area contributed by atoms with Crippen LogP contribution in [0.2, 0.25) is 0 Å². The maximum atomic E-state index is 13.1. The molecule has 0 saturated heterocycles. The monoisotopic (exact) mass is 410 g/mol. The third-order valence-corrected chi connectivity index (χ3v) is 5.39. The Morgan fingerprint density at radius 3 is 2.77 bits per heavy atom. The highest BCUT2D eigenvalue weighted by Crippen LogP contribution is 2.40. The number of hydrogen-bond acceptors (Lipinski definition) is 7. The molecule has 1 aliphatic carbocycles. The van der Waals surface area contributed by atoms with Gasteiger partial charge in [0, 0.05) is 24.1 Å². The van der Waals surface area contributed by atoms with Gasteiger partial charge in [0.15, 0.2) is 0 Å². The van der Waals surface area contributed by atoms with Crippen LogP contribution in [-0.2, 0) is 13.0 Å². The molecule has 1 saturated carbocycles. The third-order valence-electron chi connectivity index (χ3n) is 5.39. The molecule has 1 amide bonds. The van der Waals surface area contributed by atoms with Gasteiger partial charge in [0.05, 0.1) is 24.7 Å². The quantitative estimate of drug-likeness (QED) is 0.524.